The normalized spacial score (nSPS) is 11.9. The van der Waals surface area contributed by atoms with Crippen molar-refractivity contribution >= 4 is 11.9 Å². The number of amides is 1. The Labute approximate surface area is 114 Å². The van der Waals surface area contributed by atoms with Gasteiger partial charge in [-0.05, 0) is 32.4 Å². The number of aliphatic carboxylic acids is 1. The van der Waals surface area contributed by atoms with Crippen LogP contribution < -0.4 is 0 Å². The number of nitrogens with zero attached hydrogens (tertiary/aromatic N) is 1. The lowest BCUT2D eigenvalue weighted by atomic mass is 10.1. The van der Waals surface area contributed by atoms with Crippen LogP contribution in [0.25, 0.3) is 0 Å². The summed E-state index contributed by atoms with van der Waals surface area (Å²) in [5.41, 5.74) is 1.64. The summed E-state index contributed by atoms with van der Waals surface area (Å²) in [7, 11) is 0. The Morgan fingerprint density at radius 3 is 2.58 bits per heavy atom. The summed E-state index contributed by atoms with van der Waals surface area (Å²) in [5, 5.41) is 8.78. The minimum Gasteiger partial charge on any atom is -0.481 e. The Morgan fingerprint density at radius 1 is 1.37 bits per heavy atom. The topological polar surface area (TPSA) is 57.6 Å². The fourth-order valence-electron chi connectivity index (χ4n) is 1.90. The Kier molecular flexibility index (Phi) is 5.55. The van der Waals surface area contributed by atoms with Gasteiger partial charge in [0.15, 0.2) is 0 Å². The van der Waals surface area contributed by atoms with Gasteiger partial charge >= 0.3 is 5.97 Å². The molecule has 1 atom stereocenters. The summed E-state index contributed by atoms with van der Waals surface area (Å²) >= 11 is 0. The third-order valence-corrected chi connectivity index (χ3v) is 3.22. The number of rotatable bonds is 6. The van der Waals surface area contributed by atoms with Crippen molar-refractivity contribution in [2.24, 2.45) is 0 Å². The van der Waals surface area contributed by atoms with Gasteiger partial charge in [-0.2, -0.15) is 0 Å². The van der Waals surface area contributed by atoms with Gasteiger partial charge in [0, 0.05) is 18.2 Å². The van der Waals surface area contributed by atoms with Crippen LogP contribution in [-0.4, -0.2) is 34.5 Å². The van der Waals surface area contributed by atoms with E-state index >= 15 is 0 Å². The molecule has 0 radical (unpaired) electrons. The molecule has 1 amide bonds. The van der Waals surface area contributed by atoms with E-state index in [0.717, 1.165) is 12.0 Å². The lowest BCUT2D eigenvalue weighted by molar-refractivity contribution is -0.137. The summed E-state index contributed by atoms with van der Waals surface area (Å²) in [5.74, 6) is -0.982. The minimum atomic E-state index is -0.884. The Bertz CT molecular complexity index is 456. The van der Waals surface area contributed by atoms with E-state index in [1.807, 2.05) is 39.0 Å². The molecule has 1 aromatic carbocycles. The molecule has 0 aliphatic carbocycles. The van der Waals surface area contributed by atoms with Gasteiger partial charge in [-0.3, -0.25) is 9.59 Å². The van der Waals surface area contributed by atoms with Crippen LogP contribution in [0.15, 0.2) is 24.3 Å². The van der Waals surface area contributed by atoms with Gasteiger partial charge in [0.05, 0.1) is 6.42 Å². The first-order valence-electron chi connectivity index (χ1n) is 6.55. The zero-order valence-corrected chi connectivity index (χ0v) is 11.7. The lowest BCUT2D eigenvalue weighted by Gasteiger charge is -2.28. The standard InChI is InChI=1S/C15H21NO3/c1-4-12(3)16(9-8-14(17)18)15(19)13-7-5-6-11(2)10-13/h5-7,10,12H,4,8-9H2,1-3H3,(H,17,18). The van der Waals surface area contributed by atoms with Crippen molar-refractivity contribution in [3.8, 4) is 0 Å². The quantitative estimate of drug-likeness (QED) is 0.858. The van der Waals surface area contributed by atoms with Crippen LogP contribution in [0, 0.1) is 6.92 Å². The summed E-state index contributed by atoms with van der Waals surface area (Å²) in [6.07, 6.45) is 0.777. The van der Waals surface area contributed by atoms with E-state index in [0.29, 0.717) is 5.56 Å². The van der Waals surface area contributed by atoms with Gasteiger partial charge in [0.1, 0.15) is 0 Å². The molecular formula is C15H21NO3. The molecular weight excluding hydrogens is 242 g/mol. The zero-order valence-electron chi connectivity index (χ0n) is 11.7. The molecule has 1 unspecified atom stereocenters. The second-order valence-corrected chi connectivity index (χ2v) is 4.77. The number of carboxylic acid groups (broad SMARTS) is 1. The number of hydrogen-bond donors (Lipinski definition) is 1. The summed E-state index contributed by atoms with van der Waals surface area (Å²) in [4.78, 5) is 24.8. The average Bonchev–Trinajstić information content (AvgIpc) is 2.38. The lowest BCUT2D eigenvalue weighted by Crippen LogP contribution is -2.39. The molecule has 1 aromatic rings. The highest BCUT2D eigenvalue weighted by Crippen LogP contribution is 2.13. The zero-order chi connectivity index (χ0) is 14.4. The summed E-state index contributed by atoms with van der Waals surface area (Å²) in [6, 6.07) is 7.41. The van der Waals surface area contributed by atoms with Crippen LogP contribution in [0.2, 0.25) is 0 Å². The maximum atomic E-state index is 12.4. The number of benzene rings is 1. The Hall–Kier alpha value is -1.84. The third kappa shape index (κ3) is 4.39. The number of aryl methyl sites for hydroxylation is 1. The molecule has 0 saturated carbocycles. The fraction of sp³-hybridized carbons (Fsp3) is 0.467. The minimum absolute atomic E-state index is 0.0259. The average molecular weight is 263 g/mol. The Morgan fingerprint density at radius 2 is 2.05 bits per heavy atom. The van der Waals surface area contributed by atoms with Gasteiger partial charge in [-0.25, -0.2) is 0 Å². The molecule has 4 nitrogen and oxygen atoms in total. The molecule has 0 heterocycles. The van der Waals surface area contributed by atoms with Crippen LogP contribution in [0.3, 0.4) is 0 Å². The molecule has 0 aromatic heterocycles. The van der Waals surface area contributed by atoms with Crippen molar-refractivity contribution in [2.75, 3.05) is 6.54 Å². The summed E-state index contributed by atoms with van der Waals surface area (Å²) in [6.45, 7) is 6.11. The number of carbonyl (C=O) groups excluding carboxylic acids is 1. The third-order valence-electron chi connectivity index (χ3n) is 3.22. The smallest absolute Gasteiger partial charge is 0.305 e. The molecule has 0 fully saturated rings. The highest BCUT2D eigenvalue weighted by molar-refractivity contribution is 5.94. The van der Waals surface area contributed by atoms with E-state index < -0.39 is 5.97 Å². The van der Waals surface area contributed by atoms with Crippen LogP contribution in [0.5, 0.6) is 0 Å². The molecule has 0 spiro atoms. The van der Waals surface area contributed by atoms with E-state index in [1.165, 1.54) is 0 Å². The highest BCUT2D eigenvalue weighted by atomic mass is 16.4. The molecule has 104 valence electrons. The van der Waals surface area contributed by atoms with E-state index in [1.54, 1.807) is 11.0 Å². The predicted octanol–water partition coefficient (Wildman–Crippen LogP) is 2.71. The van der Waals surface area contributed by atoms with Crippen molar-refractivity contribution in [1.29, 1.82) is 0 Å². The SMILES string of the molecule is CCC(C)N(CCC(=O)O)C(=O)c1cccc(C)c1. The van der Waals surface area contributed by atoms with Crippen molar-refractivity contribution in [3.63, 3.8) is 0 Å². The molecule has 19 heavy (non-hydrogen) atoms. The Balaban J connectivity index is 2.90. The van der Waals surface area contributed by atoms with Crippen LogP contribution in [0.4, 0.5) is 0 Å². The monoisotopic (exact) mass is 263 g/mol. The van der Waals surface area contributed by atoms with Crippen LogP contribution in [-0.2, 0) is 4.79 Å². The molecule has 0 aliphatic heterocycles. The maximum absolute atomic E-state index is 12.4. The van der Waals surface area contributed by atoms with Gasteiger partial charge in [-0.1, -0.05) is 24.6 Å². The second kappa shape index (κ2) is 6.92. The van der Waals surface area contributed by atoms with Crippen molar-refractivity contribution in [1.82, 2.24) is 4.90 Å². The largest absolute Gasteiger partial charge is 0.481 e. The van der Waals surface area contributed by atoms with Crippen molar-refractivity contribution in [2.45, 2.75) is 39.7 Å². The molecule has 4 heteroatoms. The second-order valence-electron chi connectivity index (χ2n) is 4.77. The first-order valence-corrected chi connectivity index (χ1v) is 6.55. The highest BCUT2D eigenvalue weighted by Gasteiger charge is 2.21. The van der Waals surface area contributed by atoms with E-state index in [-0.39, 0.29) is 24.9 Å². The van der Waals surface area contributed by atoms with Gasteiger partial charge in [0.25, 0.3) is 5.91 Å². The van der Waals surface area contributed by atoms with E-state index in [9.17, 15) is 9.59 Å². The molecule has 0 bridgehead atoms. The first-order chi connectivity index (χ1) is 8.95. The predicted molar refractivity (Wildman–Crippen MR) is 74.2 cm³/mol. The molecule has 1 N–H and O–H groups in total. The number of hydrogen-bond acceptors (Lipinski definition) is 2. The molecule has 0 aliphatic rings. The first kappa shape index (κ1) is 15.2. The molecule has 0 saturated heterocycles. The summed E-state index contributed by atoms with van der Waals surface area (Å²) < 4.78 is 0. The van der Waals surface area contributed by atoms with Crippen molar-refractivity contribution < 1.29 is 14.7 Å². The maximum Gasteiger partial charge on any atom is 0.305 e. The van der Waals surface area contributed by atoms with Gasteiger partial charge < -0.3 is 10.0 Å². The van der Waals surface area contributed by atoms with Crippen LogP contribution >= 0.6 is 0 Å². The van der Waals surface area contributed by atoms with Crippen LogP contribution in [0.1, 0.15) is 42.6 Å². The fourth-order valence-corrected chi connectivity index (χ4v) is 1.90. The van der Waals surface area contributed by atoms with Gasteiger partial charge in [-0.15, -0.1) is 0 Å². The number of carbonyl (C=O) groups is 2. The number of carboxylic acids is 1. The van der Waals surface area contributed by atoms with Crippen molar-refractivity contribution in [3.05, 3.63) is 35.4 Å². The molecule has 1 rings (SSSR count). The van der Waals surface area contributed by atoms with E-state index in [2.05, 4.69) is 0 Å². The van der Waals surface area contributed by atoms with Gasteiger partial charge in [0.2, 0.25) is 0 Å². The van der Waals surface area contributed by atoms with E-state index in [4.69, 9.17) is 5.11 Å².